The molecule has 1 unspecified atom stereocenters. The molecule has 3 heteroatoms. The molecule has 1 aromatic carbocycles. The molecule has 0 fully saturated rings. The second-order valence-electron chi connectivity index (χ2n) is 5.30. The van der Waals surface area contributed by atoms with Crippen molar-refractivity contribution in [3.63, 3.8) is 0 Å². The molecule has 0 heterocycles. The Balaban J connectivity index is 2.44. The first-order valence-corrected chi connectivity index (χ1v) is 6.16. The van der Waals surface area contributed by atoms with E-state index in [1.165, 1.54) is 13.0 Å². The van der Waals surface area contributed by atoms with Crippen molar-refractivity contribution in [2.75, 3.05) is 0 Å². The zero-order valence-electron chi connectivity index (χ0n) is 10.6. The highest BCUT2D eigenvalue weighted by Gasteiger charge is 2.35. The number of aryl methyl sites for hydroxylation is 1. The molecule has 1 aliphatic carbocycles. The van der Waals surface area contributed by atoms with Gasteiger partial charge in [0.05, 0.1) is 5.56 Å². The summed E-state index contributed by atoms with van der Waals surface area (Å²) in [6, 6.07) is 4.75. The Hall–Kier alpha value is -1.25. The van der Waals surface area contributed by atoms with Crippen molar-refractivity contribution < 1.29 is 13.2 Å². The van der Waals surface area contributed by atoms with Gasteiger partial charge in [0.15, 0.2) is 0 Å². The number of alkyl halides is 3. The van der Waals surface area contributed by atoms with Crippen molar-refractivity contribution in [3.8, 4) is 0 Å². The fourth-order valence-corrected chi connectivity index (χ4v) is 2.53. The number of benzene rings is 1. The smallest absolute Gasteiger partial charge is 0.166 e. The fraction of sp³-hybridized carbons (Fsp3) is 0.467. The highest BCUT2D eigenvalue weighted by molar-refractivity contribution is 5.37. The third-order valence-electron chi connectivity index (χ3n) is 3.84. The summed E-state index contributed by atoms with van der Waals surface area (Å²) in [6.07, 6.45) is 2.56. The van der Waals surface area contributed by atoms with Gasteiger partial charge < -0.3 is 0 Å². The van der Waals surface area contributed by atoms with E-state index in [9.17, 15) is 13.2 Å². The second kappa shape index (κ2) is 4.45. The minimum Gasteiger partial charge on any atom is -0.166 e. The minimum atomic E-state index is -4.26. The van der Waals surface area contributed by atoms with Crippen molar-refractivity contribution in [1.82, 2.24) is 0 Å². The second-order valence-corrected chi connectivity index (χ2v) is 5.30. The number of halogens is 3. The maximum Gasteiger partial charge on any atom is 0.416 e. The molecule has 98 valence electrons. The Morgan fingerprint density at radius 1 is 1.17 bits per heavy atom. The van der Waals surface area contributed by atoms with Crippen LogP contribution in [0.2, 0.25) is 0 Å². The maximum absolute atomic E-state index is 12.9. The molecular weight excluding hydrogens is 237 g/mol. The van der Waals surface area contributed by atoms with Crippen LogP contribution in [-0.2, 0) is 11.6 Å². The van der Waals surface area contributed by atoms with Gasteiger partial charge in [-0.1, -0.05) is 31.2 Å². The van der Waals surface area contributed by atoms with Crippen LogP contribution in [0, 0.1) is 6.92 Å². The zero-order chi connectivity index (χ0) is 13.4. The molecule has 0 saturated carbocycles. The number of allylic oxidation sites excluding steroid dienone is 2. The van der Waals surface area contributed by atoms with Crippen molar-refractivity contribution in [1.29, 1.82) is 0 Å². The summed E-state index contributed by atoms with van der Waals surface area (Å²) >= 11 is 0. The predicted molar refractivity (Wildman–Crippen MR) is 66.5 cm³/mol. The summed E-state index contributed by atoms with van der Waals surface area (Å²) < 4.78 is 38.7. The Labute approximate surface area is 106 Å². The van der Waals surface area contributed by atoms with Crippen molar-refractivity contribution in [2.24, 2.45) is 0 Å². The number of hydrogen-bond donors (Lipinski definition) is 0. The minimum absolute atomic E-state index is 0.164. The summed E-state index contributed by atoms with van der Waals surface area (Å²) in [6.45, 7) is 3.55. The van der Waals surface area contributed by atoms with Crippen LogP contribution >= 0.6 is 0 Å². The first-order valence-electron chi connectivity index (χ1n) is 6.16. The molecule has 1 atom stereocenters. The molecule has 0 amide bonds. The molecule has 0 saturated heterocycles. The van der Waals surface area contributed by atoms with Crippen LogP contribution in [0.4, 0.5) is 13.2 Å². The van der Waals surface area contributed by atoms with E-state index in [4.69, 9.17) is 0 Å². The Bertz CT molecular complexity index is 471. The molecule has 0 nitrogen and oxygen atoms in total. The van der Waals surface area contributed by atoms with Crippen LogP contribution in [0.25, 0.3) is 0 Å². The molecule has 0 radical (unpaired) electrons. The predicted octanol–water partition coefficient (Wildman–Crippen LogP) is 5.01. The van der Waals surface area contributed by atoms with E-state index in [-0.39, 0.29) is 5.41 Å². The average molecular weight is 254 g/mol. The first-order chi connectivity index (χ1) is 8.33. The molecule has 18 heavy (non-hydrogen) atoms. The van der Waals surface area contributed by atoms with Crippen LogP contribution in [0.15, 0.2) is 30.4 Å². The fourth-order valence-electron chi connectivity index (χ4n) is 2.53. The van der Waals surface area contributed by atoms with Gasteiger partial charge in [-0.25, -0.2) is 0 Å². The Morgan fingerprint density at radius 3 is 2.44 bits per heavy atom. The first kappa shape index (κ1) is 13.2. The zero-order valence-corrected chi connectivity index (χ0v) is 10.6. The molecule has 0 aromatic heterocycles. The SMILES string of the molecule is Cc1ccc(C2(C)CC=CCC2)cc1C(F)(F)F. The van der Waals surface area contributed by atoms with E-state index >= 15 is 0 Å². The van der Waals surface area contributed by atoms with Crippen LogP contribution in [0.1, 0.15) is 42.9 Å². The molecular formula is C15H17F3. The Kier molecular flexibility index (Phi) is 3.26. The monoisotopic (exact) mass is 254 g/mol. The molecule has 0 aliphatic heterocycles. The molecule has 2 rings (SSSR count). The van der Waals surface area contributed by atoms with Gasteiger partial charge in [0, 0.05) is 0 Å². The van der Waals surface area contributed by atoms with Crippen molar-refractivity contribution in [2.45, 2.75) is 44.7 Å². The largest absolute Gasteiger partial charge is 0.416 e. The van der Waals surface area contributed by atoms with Crippen molar-refractivity contribution in [3.05, 3.63) is 47.0 Å². The lowest BCUT2D eigenvalue weighted by Crippen LogP contribution is -2.24. The lowest BCUT2D eigenvalue weighted by atomic mass is 9.73. The Morgan fingerprint density at radius 2 is 1.89 bits per heavy atom. The van der Waals surface area contributed by atoms with Crippen LogP contribution in [0.3, 0.4) is 0 Å². The number of hydrogen-bond acceptors (Lipinski definition) is 0. The topological polar surface area (TPSA) is 0 Å². The highest BCUT2D eigenvalue weighted by atomic mass is 19.4. The normalized spacial score (nSPS) is 24.3. The summed E-state index contributed by atoms with van der Waals surface area (Å²) in [7, 11) is 0. The molecule has 1 aliphatic rings. The maximum atomic E-state index is 12.9. The third-order valence-corrected chi connectivity index (χ3v) is 3.84. The van der Waals surface area contributed by atoms with E-state index in [0.29, 0.717) is 5.56 Å². The summed E-state index contributed by atoms with van der Waals surface area (Å²) in [5.41, 5.74) is 0.421. The van der Waals surface area contributed by atoms with E-state index in [0.717, 1.165) is 24.8 Å². The lowest BCUT2D eigenvalue weighted by molar-refractivity contribution is -0.138. The van der Waals surface area contributed by atoms with E-state index in [2.05, 4.69) is 12.2 Å². The van der Waals surface area contributed by atoms with Gasteiger partial charge in [-0.3, -0.25) is 0 Å². The van der Waals surface area contributed by atoms with Gasteiger partial charge in [-0.2, -0.15) is 13.2 Å². The van der Waals surface area contributed by atoms with Crippen LogP contribution < -0.4 is 0 Å². The highest BCUT2D eigenvalue weighted by Crippen LogP contribution is 2.39. The van der Waals surface area contributed by atoms with Gasteiger partial charge in [-0.15, -0.1) is 0 Å². The molecule has 0 N–H and O–H groups in total. The van der Waals surface area contributed by atoms with Gasteiger partial charge in [-0.05, 0) is 48.8 Å². The quantitative estimate of drug-likeness (QED) is 0.618. The molecule has 1 aromatic rings. The summed E-state index contributed by atoms with van der Waals surface area (Å²) in [5.74, 6) is 0. The summed E-state index contributed by atoms with van der Waals surface area (Å²) in [5, 5.41) is 0. The average Bonchev–Trinajstić information content (AvgIpc) is 2.28. The van der Waals surface area contributed by atoms with Crippen molar-refractivity contribution >= 4 is 0 Å². The molecule has 0 spiro atoms. The summed E-state index contributed by atoms with van der Waals surface area (Å²) in [4.78, 5) is 0. The van der Waals surface area contributed by atoms with Gasteiger partial charge >= 0.3 is 6.18 Å². The lowest BCUT2D eigenvalue weighted by Gasteiger charge is -2.32. The molecule has 0 bridgehead atoms. The van der Waals surface area contributed by atoms with E-state index < -0.39 is 11.7 Å². The van der Waals surface area contributed by atoms with Gasteiger partial charge in [0.2, 0.25) is 0 Å². The van der Waals surface area contributed by atoms with Crippen LogP contribution in [0.5, 0.6) is 0 Å². The third kappa shape index (κ3) is 2.45. The van der Waals surface area contributed by atoms with Gasteiger partial charge in [0.25, 0.3) is 0 Å². The standard InChI is InChI=1S/C15H17F3/c1-11-6-7-12(10-13(11)15(16,17)18)14(2)8-4-3-5-9-14/h3-4,6-7,10H,5,8-9H2,1-2H3. The van der Waals surface area contributed by atoms with E-state index in [1.807, 2.05) is 13.0 Å². The van der Waals surface area contributed by atoms with E-state index in [1.54, 1.807) is 6.07 Å². The number of rotatable bonds is 1. The van der Waals surface area contributed by atoms with Gasteiger partial charge in [0.1, 0.15) is 0 Å². The van der Waals surface area contributed by atoms with Crippen LogP contribution in [-0.4, -0.2) is 0 Å².